The maximum atomic E-state index is 13.2. The Balaban J connectivity index is 3.49. The minimum absolute atomic E-state index is 0.177. The Morgan fingerprint density at radius 1 is 0.905 bits per heavy atom. The maximum absolute atomic E-state index is 13.2. The Kier molecular flexibility index (Phi) is 10.7. The molecule has 0 heterocycles. The van der Waals surface area contributed by atoms with Crippen LogP contribution in [0.4, 0.5) is 4.39 Å². The third-order valence-corrected chi connectivity index (χ3v) is 3.37. The van der Waals surface area contributed by atoms with Gasteiger partial charge in [0, 0.05) is 11.8 Å². The van der Waals surface area contributed by atoms with Crippen molar-refractivity contribution < 1.29 is 14.0 Å². The van der Waals surface area contributed by atoms with Gasteiger partial charge in [-0.2, -0.15) is 0 Å². The van der Waals surface area contributed by atoms with E-state index < -0.39 is 0 Å². The van der Waals surface area contributed by atoms with Crippen molar-refractivity contribution in [3.05, 3.63) is 24.1 Å². The van der Waals surface area contributed by atoms with E-state index in [2.05, 4.69) is 0 Å². The van der Waals surface area contributed by atoms with Crippen LogP contribution in [0.5, 0.6) is 0 Å². The van der Waals surface area contributed by atoms with Crippen molar-refractivity contribution in [2.45, 2.75) is 72.1 Å². The van der Waals surface area contributed by atoms with Crippen molar-refractivity contribution in [2.24, 2.45) is 5.41 Å². The first kappa shape index (κ1) is 19.8. The summed E-state index contributed by atoms with van der Waals surface area (Å²) in [7, 11) is 0. The van der Waals surface area contributed by atoms with Crippen molar-refractivity contribution in [1.82, 2.24) is 0 Å². The molecule has 0 fully saturated rings. The Morgan fingerprint density at radius 2 is 1.43 bits per heavy atom. The summed E-state index contributed by atoms with van der Waals surface area (Å²) in [5.74, 6) is 0.155. The van der Waals surface area contributed by atoms with Crippen molar-refractivity contribution >= 4 is 12.1 Å². The van der Waals surface area contributed by atoms with Gasteiger partial charge in [-0.05, 0) is 31.4 Å². The fraction of sp³-hybridized carbons (Fsp3) is 0.667. The summed E-state index contributed by atoms with van der Waals surface area (Å²) in [5.41, 5.74) is -0.220. The van der Waals surface area contributed by atoms with Crippen LogP contribution < -0.4 is 0 Å². The second-order valence-corrected chi connectivity index (χ2v) is 6.43. The topological polar surface area (TPSA) is 34.1 Å². The van der Waals surface area contributed by atoms with Gasteiger partial charge in [0.05, 0.1) is 5.83 Å². The van der Waals surface area contributed by atoms with E-state index in [0.717, 1.165) is 38.5 Å². The Morgan fingerprint density at radius 3 is 1.95 bits per heavy atom. The molecule has 0 saturated carbocycles. The third-order valence-electron chi connectivity index (χ3n) is 3.37. The molecule has 0 unspecified atom stereocenters. The molecule has 0 saturated heterocycles. The second kappa shape index (κ2) is 11.4. The average Bonchev–Trinajstić information content (AvgIpc) is 2.40. The van der Waals surface area contributed by atoms with E-state index in [-0.39, 0.29) is 11.2 Å². The highest BCUT2D eigenvalue weighted by molar-refractivity contribution is 5.83. The molecular weight excluding hydrogens is 267 g/mol. The van der Waals surface area contributed by atoms with Crippen LogP contribution in [0.25, 0.3) is 0 Å². The lowest BCUT2D eigenvalue weighted by Crippen LogP contribution is -2.19. The van der Waals surface area contributed by atoms with Crippen molar-refractivity contribution in [3.8, 4) is 0 Å². The summed E-state index contributed by atoms with van der Waals surface area (Å²) < 4.78 is 13.2. The number of halogens is 1. The minimum atomic E-state index is -0.220. The van der Waals surface area contributed by atoms with Crippen molar-refractivity contribution in [3.63, 3.8) is 0 Å². The van der Waals surface area contributed by atoms with Gasteiger partial charge in [0.15, 0.2) is 0 Å². The van der Waals surface area contributed by atoms with E-state index in [4.69, 9.17) is 0 Å². The molecule has 0 amide bonds. The summed E-state index contributed by atoms with van der Waals surface area (Å²) in [6.07, 6.45) is 11.8. The molecule has 0 atom stereocenters. The fourth-order valence-corrected chi connectivity index (χ4v) is 1.95. The lowest BCUT2D eigenvalue weighted by molar-refractivity contribution is -0.126. The van der Waals surface area contributed by atoms with E-state index in [1.54, 1.807) is 0 Å². The summed E-state index contributed by atoms with van der Waals surface area (Å²) in [4.78, 5) is 21.7. The number of aldehydes is 1. The van der Waals surface area contributed by atoms with E-state index >= 15 is 0 Å². The molecule has 0 aromatic rings. The van der Waals surface area contributed by atoms with Gasteiger partial charge in [-0.3, -0.25) is 9.59 Å². The molecule has 0 aromatic heterocycles. The molecule has 0 bridgehead atoms. The number of hydrogen-bond acceptors (Lipinski definition) is 2. The van der Waals surface area contributed by atoms with Gasteiger partial charge in [0.1, 0.15) is 12.1 Å². The number of Topliss-reactive ketones (excluding diaryl/α,β-unsaturated/α-hetero) is 1. The molecule has 0 radical (unpaired) electrons. The lowest BCUT2D eigenvalue weighted by Gasteiger charge is -2.16. The molecule has 3 heteroatoms. The quantitative estimate of drug-likeness (QED) is 0.223. The van der Waals surface area contributed by atoms with Crippen LogP contribution in [0.3, 0.4) is 0 Å². The van der Waals surface area contributed by atoms with E-state index in [1.807, 2.05) is 20.8 Å². The van der Waals surface area contributed by atoms with Gasteiger partial charge in [-0.1, -0.05) is 52.5 Å². The van der Waals surface area contributed by atoms with Crippen LogP contribution in [-0.4, -0.2) is 12.1 Å². The summed E-state index contributed by atoms with van der Waals surface area (Å²) >= 11 is 0. The van der Waals surface area contributed by atoms with Gasteiger partial charge >= 0.3 is 0 Å². The normalized spacial score (nSPS) is 12.9. The van der Waals surface area contributed by atoms with Crippen LogP contribution in [-0.2, 0) is 9.59 Å². The number of unbranched alkanes of at least 4 members (excludes halogenated alkanes) is 5. The smallest absolute Gasteiger partial charge is 0.142 e. The van der Waals surface area contributed by atoms with Crippen molar-refractivity contribution in [1.29, 1.82) is 0 Å². The molecule has 0 rings (SSSR count). The Bertz CT molecular complexity index is 362. The monoisotopic (exact) mass is 296 g/mol. The van der Waals surface area contributed by atoms with Gasteiger partial charge in [0.25, 0.3) is 0 Å². The van der Waals surface area contributed by atoms with Crippen LogP contribution in [0.2, 0.25) is 0 Å². The molecule has 0 aliphatic rings. The zero-order chi connectivity index (χ0) is 16.1. The predicted octanol–water partition coefficient (Wildman–Crippen LogP) is 5.33. The highest BCUT2D eigenvalue weighted by Gasteiger charge is 2.19. The van der Waals surface area contributed by atoms with Crippen LogP contribution in [0, 0.1) is 5.41 Å². The molecule has 0 N–H and O–H groups in total. The second-order valence-electron chi connectivity index (χ2n) is 6.43. The van der Waals surface area contributed by atoms with E-state index in [9.17, 15) is 14.0 Å². The largest absolute Gasteiger partial charge is 0.299 e. The van der Waals surface area contributed by atoms with Gasteiger partial charge in [0.2, 0.25) is 0 Å². The summed E-state index contributed by atoms with van der Waals surface area (Å²) in [5, 5.41) is 0. The van der Waals surface area contributed by atoms with E-state index in [1.165, 1.54) is 18.2 Å². The molecule has 0 aromatic carbocycles. The zero-order valence-electron chi connectivity index (χ0n) is 13.7. The highest BCUT2D eigenvalue weighted by atomic mass is 19.1. The number of carbonyl (C=O) groups is 2. The molecule has 120 valence electrons. The highest BCUT2D eigenvalue weighted by Crippen LogP contribution is 2.19. The predicted molar refractivity (Wildman–Crippen MR) is 85.8 cm³/mol. The first-order valence-electron chi connectivity index (χ1n) is 7.87. The molecule has 0 aliphatic carbocycles. The lowest BCUT2D eigenvalue weighted by atomic mass is 9.88. The molecule has 0 spiro atoms. The summed E-state index contributed by atoms with van der Waals surface area (Å²) in [6.45, 7) is 5.88. The zero-order valence-corrected chi connectivity index (χ0v) is 13.7. The average molecular weight is 296 g/mol. The maximum Gasteiger partial charge on any atom is 0.142 e. The first-order chi connectivity index (χ1) is 9.88. The Hall–Kier alpha value is -1.25. The number of rotatable bonds is 11. The minimum Gasteiger partial charge on any atom is -0.299 e. The number of allylic oxidation sites excluding steroid dienone is 4. The Labute approximate surface area is 128 Å². The van der Waals surface area contributed by atoms with Crippen LogP contribution >= 0.6 is 0 Å². The van der Waals surface area contributed by atoms with Crippen LogP contribution in [0.15, 0.2) is 24.1 Å². The summed E-state index contributed by atoms with van der Waals surface area (Å²) in [6, 6.07) is 0. The molecular formula is C18H29FO2. The van der Waals surface area contributed by atoms with Gasteiger partial charge in [-0.25, -0.2) is 4.39 Å². The third kappa shape index (κ3) is 12.2. The molecule has 0 aliphatic heterocycles. The standard InChI is InChI=1S/C18H29FO2/c1-18(2,3)17(21)14-9-7-5-4-6-8-12-16(19)13-10-11-15-20/h10-11,13,15H,4-9,12,14H2,1-3H3/b11-10+,16-13+. The van der Waals surface area contributed by atoms with Gasteiger partial charge < -0.3 is 0 Å². The number of carbonyl (C=O) groups excluding carboxylic acids is 2. The number of hydrogen-bond donors (Lipinski definition) is 0. The van der Waals surface area contributed by atoms with E-state index in [0.29, 0.717) is 24.9 Å². The first-order valence-corrected chi connectivity index (χ1v) is 7.87. The molecule has 2 nitrogen and oxygen atoms in total. The van der Waals surface area contributed by atoms with Gasteiger partial charge in [-0.15, -0.1) is 0 Å². The number of ketones is 1. The van der Waals surface area contributed by atoms with Crippen LogP contribution in [0.1, 0.15) is 72.1 Å². The SMILES string of the molecule is CC(C)(C)C(=O)CCCCCCCC/C(F)=C\C=C\C=O. The molecule has 21 heavy (non-hydrogen) atoms. The fourth-order valence-electron chi connectivity index (χ4n) is 1.95. The van der Waals surface area contributed by atoms with Crippen molar-refractivity contribution in [2.75, 3.05) is 0 Å².